The van der Waals surface area contributed by atoms with Crippen LogP contribution >= 0.6 is 0 Å². The van der Waals surface area contributed by atoms with Crippen molar-refractivity contribution >= 4 is 40.6 Å². The summed E-state index contributed by atoms with van der Waals surface area (Å²) in [5.41, 5.74) is 3.73. The topological polar surface area (TPSA) is 190 Å². The Kier molecular flexibility index (Phi) is 11.4. The van der Waals surface area contributed by atoms with Gasteiger partial charge in [0.1, 0.15) is 18.0 Å². The van der Waals surface area contributed by atoms with Gasteiger partial charge in [-0.1, -0.05) is 81.1 Å². The number of nitrogens with one attached hydrogen (secondary N) is 4. The van der Waals surface area contributed by atoms with Gasteiger partial charge in [0.15, 0.2) is 17.0 Å². The molecule has 2 fully saturated rings. The van der Waals surface area contributed by atoms with Crippen LogP contribution in [0.2, 0.25) is 0 Å². The Balaban J connectivity index is 0.00000481. The van der Waals surface area contributed by atoms with E-state index in [1.54, 1.807) is 30.0 Å². The van der Waals surface area contributed by atoms with Crippen LogP contribution in [0.4, 0.5) is 22.2 Å². The molecule has 14 nitrogen and oxygen atoms in total. The van der Waals surface area contributed by atoms with Crippen LogP contribution in [-0.4, -0.2) is 90.7 Å². The number of imidazole rings is 1. The maximum absolute atomic E-state index is 12.8. The quantitative estimate of drug-likeness (QED) is 0.103. The first kappa shape index (κ1) is 37.0. The summed E-state index contributed by atoms with van der Waals surface area (Å²) >= 11 is 0. The Hall–Kier alpha value is -5.73. The Morgan fingerprint density at radius 2 is 1.64 bits per heavy atom. The molecular formula is C39H47N9O5. The van der Waals surface area contributed by atoms with Crippen LogP contribution in [0.15, 0.2) is 91.3 Å². The van der Waals surface area contributed by atoms with Gasteiger partial charge in [-0.05, 0) is 36.1 Å². The molecule has 3 amide bonds. The average molecular weight is 722 g/mol. The van der Waals surface area contributed by atoms with Crippen molar-refractivity contribution in [3.05, 3.63) is 102 Å². The molecule has 53 heavy (non-hydrogen) atoms. The molecule has 278 valence electrons. The fourth-order valence-electron chi connectivity index (χ4n) is 7.14. The number of benzene rings is 3. The zero-order valence-corrected chi connectivity index (χ0v) is 28.8. The van der Waals surface area contributed by atoms with E-state index < -0.39 is 24.3 Å². The van der Waals surface area contributed by atoms with Crippen molar-refractivity contribution in [1.29, 1.82) is 0 Å². The van der Waals surface area contributed by atoms with Gasteiger partial charge in [0, 0.05) is 49.8 Å². The Labute approximate surface area is 308 Å². The lowest BCUT2D eigenvalue weighted by Crippen LogP contribution is -2.42. The van der Waals surface area contributed by atoms with E-state index in [-0.39, 0.29) is 49.9 Å². The van der Waals surface area contributed by atoms with E-state index >= 15 is 0 Å². The summed E-state index contributed by atoms with van der Waals surface area (Å²) in [5.74, 6) is 0.785. The van der Waals surface area contributed by atoms with Crippen LogP contribution in [-0.2, 0) is 4.79 Å². The van der Waals surface area contributed by atoms with E-state index in [0.717, 1.165) is 11.1 Å². The van der Waals surface area contributed by atoms with Gasteiger partial charge in [-0.2, -0.15) is 9.97 Å². The number of aromatic nitrogens is 4. The number of aromatic hydroxyl groups is 1. The molecule has 5 aromatic rings. The van der Waals surface area contributed by atoms with E-state index in [1.807, 2.05) is 41.3 Å². The molecule has 3 heterocycles. The average Bonchev–Trinajstić information content (AvgIpc) is 3.87. The van der Waals surface area contributed by atoms with Crippen LogP contribution in [0.5, 0.6) is 5.75 Å². The van der Waals surface area contributed by atoms with Crippen LogP contribution in [0, 0.1) is 0 Å². The highest BCUT2D eigenvalue weighted by Gasteiger charge is 2.44. The van der Waals surface area contributed by atoms with Gasteiger partial charge in [0.25, 0.3) is 0 Å². The number of anilines is 3. The molecule has 7 N–H and O–H groups in total. The lowest BCUT2D eigenvalue weighted by molar-refractivity contribution is -0.122. The van der Waals surface area contributed by atoms with Gasteiger partial charge in [-0.15, -0.1) is 0 Å². The van der Waals surface area contributed by atoms with Crippen LogP contribution in [0.1, 0.15) is 56.7 Å². The number of carbonyl (C=O) groups is 2. The smallest absolute Gasteiger partial charge is 0.319 e. The predicted molar refractivity (Wildman–Crippen MR) is 204 cm³/mol. The highest BCUT2D eigenvalue weighted by Crippen LogP contribution is 2.35. The molecular weight excluding hydrogens is 674 g/mol. The van der Waals surface area contributed by atoms with Crippen molar-refractivity contribution in [3.8, 4) is 5.75 Å². The van der Waals surface area contributed by atoms with E-state index in [4.69, 9.17) is 15.0 Å². The van der Waals surface area contributed by atoms with Crippen molar-refractivity contribution in [3.63, 3.8) is 0 Å². The maximum atomic E-state index is 12.8. The number of phenols is 1. The third-order valence-electron chi connectivity index (χ3n) is 9.87. The number of phenolic OH excluding ortho intramolecular Hbond substituents is 1. The zero-order chi connectivity index (χ0) is 36.2. The van der Waals surface area contributed by atoms with E-state index in [0.29, 0.717) is 54.7 Å². The third-order valence-corrected chi connectivity index (χ3v) is 9.87. The lowest BCUT2D eigenvalue weighted by atomic mass is 9.91. The summed E-state index contributed by atoms with van der Waals surface area (Å²) in [6.45, 7) is 3.25. The summed E-state index contributed by atoms with van der Waals surface area (Å²) in [5, 5.41) is 44.0. The number of carbonyl (C=O) groups excluding carboxylic acids is 2. The SMILES string of the molecule is C.CCC(=O)N[C@@H]1C[C@H](n2cnc3c(NCC(c4ccccc4)c4ccccc4)nc(N4CC[C@@H](NC(=O)Nc5cccc(O)c5)C4)nc32)[C@H](O)[C@@H]1O. The number of rotatable bonds is 11. The number of fused-ring (bicyclic) bond motifs is 1. The number of aliphatic hydroxyl groups is 2. The van der Waals surface area contributed by atoms with Crippen molar-refractivity contribution in [2.75, 3.05) is 35.2 Å². The molecule has 3 aromatic carbocycles. The van der Waals surface area contributed by atoms with Gasteiger partial charge in [0.2, 0.25) is 11.9 Å². The molecule has 7 rings (SSSR count). The van der Waals surface area contributed by atoms with Crippen molar-refractivity contribution in [2.45, 2.75) is 69.9 Å². The number of nitrogens with zero attached hydrogens (tertiary/aromatic N) is 5. The minimum atomic E-state index is -1.17. The summed E-state index contributed by atoms with van der Waals surface area (Å²) in [6, 6.07) is 25.0. The molecule has 0 unspecified atom stereocenters. The Morgan fingerprint density at radius 3 is 2.32 bits per heavy atom. The molecule has 2 aromatic heterocycles. The lowest BCUT2D eigenvalue weighted by Gasteiger charge is -2.22. The molecule has 0 bridgehead atoms. The number of urea groups is 1. The van der Waals surface area contributed by atoms with Crippen molar-refractivity contribution in [2.24, 2.45) is 0 Å². The van der Waals surface area contributed by atoms with Crippen molar-refractivity contribution in [1.82, 2.24) is 30.2 Å². The van der Waals surface area contributed by atoms with Crippen LogP contribution in [0.3, 0.4) is 0 Å². The Morgan fingerprint density at radius 1 is 0.925 bits per heavy atom. The molecule has 1 saturated heterocycles. The van der Waals surface area contributed by atoms with Gasteiger partial charge in [0.05, 0.1) is 18.4 Å². The standard InChI is InChI=1S/C38H43N9O5.CH4/c1-2-31(49)43-29-19-30(34(51)33(29)50)47-22-40-32-35(39-20-28(23-10-5-3-6-11-23)24-12-7-4-8-13-24)44-37(45-36(32)47)46-17-16-26(21-46)42-38(52)41-25-14-9-15-27(48)18-25;/h3-15,18,22,26,28-30,33-34,48,50-51H,2,16-17,19-21H2,1H3,(H,43,49)(H,39,44,45)(H2,41,42,52);1H4/t26-,29-,30+,33-,34+;/m1./s1. The molecule has 0 spiro atoms. The highest BCUT2D eigenvalue weighted by molar-refractivity contribution is 5.90. The highest BCUT2D eigenvalue weighted by atomic mass is 16.3. The fraction of sp³-hybridized carbons (Fsp3) is 0.359. The first-order valence-corrected chi connectivity index (χ1v) is 17.6. The van der Waals surface area contributed by atoms with Crippen LogP contribution < -0.4 is 26.2 Å². The predicted octanol–water partition coefficient (Wildman–Crippen LogP) is 4.37. The summed E-state index contributed by atoms with van der Waals surface area (Å²) in [6.07, 6.45) is 0.472. The van der Waals surface area contributed by atoms with E-state index in [2.05, 4.69) is 45.5 Å². The molecule has 1 aliphatic heterocycles. The molecule has 2 aliphatic rings. The second kappa shape index (κ2) is 16.3. The van der Waals surface area contributed by atoms with Crippen molar-refractivity contribution < 1.29 is 24.9 Å². The first-order valence-electron chi connectivity index (χ1n) is 17.6. The third kappa shape index (κ3) is 8.18. The molecule has 5 atom stereocenters. The van der Waals surface area contributed by atoms with Gasteiger partial charge in [-0.25, -0.2) is 9.78 Å². The number of hydrogen-bond donors (Lipinski definition) is 7. The summed E-state index contributed by atoms with van der Waals surface area (Å²) in [4.78, 5) is 41.7. The molecule has 14 heteroatoms. The number of hydrogen-bond acceptors (Lipinski definition) is 10. The van der Waals surface area contributed by atoms with Gasteiger partial charge >= 0.3 is 6.03 Å². The maximum Gasteiger partial charge on any atom is 0.319 e. The summed E-state index contributed by atoms with van der Waals surface area (Å²) in [7, 11) is 0. The molecule has 1 saturated carbocycles. The van der Waals surface area contributed by atoms with Gasteiger partial charge < -0.3 is 46.1 Å². The Bertz CT molecular complexity index is 1970. The normalized spacial score (nSPS) is 21.0. The molecule has 0 radical (unpaired) electrons. The second-order valence-electron chi connectivity index (χ2n) is 13.3. The largest absolute Gasteiger partial charge is 0.508 e. The minimum Gasteiger partial charge on any atom is -0.508 e. The van der Waals surface area contributed by atoms with Crippen LogP contribution in [0.25, 0.3) is 11.2 Å². The fourth-order valence-corrected chi connectivity index (χ4v) is 7.14. The second-order valence-corrected chi connectivity index (χ2v) is 13.3. The van der Waals surface area contributed by atoms with E-state index in [9.17, 15) is 24.9 Å². The molecule has 1 aliphatic carbocycles. The summed E-state index contributed by atoms with van der Waals surface area (Å²) < 4.78 is 1.76. The zero-order valence-electron chi connectivity index (χ0n) is 28.8. The monoisotopic (exact) mass is 721 g/mol. The minimum absolute atomic E-state index is 0. The van der Waals surface area contributed by atoms with E-state index in [1.165, 1.54) is 12.1 Å². The number of amides is 3. The first-order chi connectivity index (χ1) is 25.3. The number of aliphatic hydroxyl groups excluding tert-OH is 2. The van der Waals surface area contributed by atoms with Gasteiger partial charge in [-0.3, -0.25) is 4.79 Å².